The predicted molar refractivity (Wildman–Crippen MR) is 194 cm³/mol. The molecule has 0 unspecified atom stereocenters. The molecule has 2 saturated heterocycles. The first-order valence-electron chi connectivity index (χ1n) is 17.5. The standard InChI is InChI=1S/C38H43F5N6O4S/c1-46-22-30(23-46)47(2)37(14-11-26-7-5-8-28(17-26)38(41,42)43)13-6-16-48(24-37)29-18-32(39)36(33(40)19-29)54(50,51)49(35-12-15-44-25-45-35)21-27-9-10-31(52-3)20-34(27)53-4/h5,7-10,12,15,17-20,25,30H,6,11,13-14,16,21-24H2,1-4H3/t37-/m0/s1. The van der Waals surface area contributed by atoms with E-state index in [1.807, 2.05) is 19.0 Å². The Balaban J connectivity index is 1.32. The van der Waals surface area contributed by atoms with Gasteiger partial charge < -0.3 is 19.3 Å². The molecule has 290 valence electrons. The van der Waals surface area contributed by atoms with Crippen molar-refractivity contribution in [3.05, 3.63) is 102 Å². The Morgan fingerprint density at radius 1 is 1.00 bits per heavy atom. The fourth-order valence-electron chi connectivity index (χ4n) is 7.52. The number of piperidine rings is 1. The number of benzene rings is 3. The van der Waals surface area contributed by atoms with Crippen molar-refractivity contribution in [2.24, 2.45) is 0 Å². The van der Waals surface area contributed by atoms with E-state index in [1.165, 1.54) is 38.6 Å². The summed E-state index contributed by atoms with van der Waals surface area (Å²) in [5.74, 6) is -1.92. The van der Waals surface area contributed by atoms with E-state index in [4.69, 9.17) is 9.47 Å². The van der Waals surface area contributed by atoms with Gasteiger partial charge in [0.25, 0.3) is 10.0 Å². The molecule has 4 aromatic rings. The SMILES string of the molecule is COc1ccc(CN(c2ccncn2)S(=O)(=O)c2c(F)cc(N3CCC[C@@](CCc4cccc(C(F)(F)F)c4)(N(C)C4CN(C)C4)C3)cc2F)c(OC)c1. The Bertz CT molecular complexity index is 2030. The van der Waals surface area contributed by atoms with Crippen LogP contribution in [0.1, 0.15) is 36.0 Å². The van der Waals surface area contributed by atoms with E-state index in [-0.39, 0.29) is 24.1 Å². The molecule has 2 fully saturated rings. The minimum absolute atomic E-state index is 0.114. The summed E-state index contributed by atoms with van der Waals surface area (Å²) in [6.07, 6.45) is 0.214. The van der Waals surface area contributed by atoms with Crippen molar-refractivity contribution in [1.82, 2.24) is 19.8 Å². The number of rotatable bonds is 13. The lowest BCUT2D eigenvalue weighted by Gasteiger charge is -2.55. The van der Waals surface area contributed by atoms with E-state index in [2.05, 4.69) is 19.8 Å². The first-order chi connectivity index (χ1) is 25.6. The Morgan fingerprint density at radius 3 is 2.37 bits per heavy atom. The number of alkyl halides is 3. The largest absolute Gasteiger partial charge is 0.497 e. The molecule has 0 N–H and O–H groups in total. The molecule has 0 amide bonds. The number of aromatic nitrogens is 2. The van der Waals surface area contributed by atoms with Crippen LogP contribution in [-0.4, -0.2) is 94.3 Å². The number of hydrogen-bond acceptors (Lipinski definition) is 9. The third kappa shape index (κ3) is 8.10. The average molecular weight is 775 g/mol. The highest BCUT2D eigenvalue weighted by Gasteiger charge is 2.44. The molecule has 1 aromatic heterocycles. The van der Waals surface area contributed by atoms with Gasteiger partial charge in [0.1, 0.15) is 35.3 Å². The molecule has 3 aromatic carbocycles. The van der Waals surface area contributed by atoms with Gasteiger partial charge in [0.15, 0.2) is 4.90 Å². The van der Waals surface area contributed by atoms with Gasteiger partial charge in [0.05, 0.1) is 26.3 Å². The minimum atomic E-state index is -4.91. The monoisotopic (exact) mass is 774 g/mol. The van der Waals surface area contributed by atoms with Gasteiger partial charge in [-0.15, -0.1) is 0 Å². The summed E-state index contributed by atoms with van der Waals surface area (Å²) in [5, 5.41) is 0. The van der Waals surface area contributed by atoms with Gasteiger partial charge in [-0.3, -0.25) is 4.90 Å². The van der Waals surface area contributed by atoms with Crippen molar-refractivity contribution in [2.45, 2.75) is 54.9 Å². The molecular formula is C38H43F5N6O4S. The van der Waals surface area contributed by atoms with Gasteiger partial charge in [-0.25, -0.2) is 31.5 Å². The zero-order valence-corrected chi connectivity index (χ0v) is 31.3. The van der Waals surface area contributed by atoms with Crippen LogP contribution < -0.4 is 18.7 Å². The molecule has 3 heterocycles. The van der Waals surface area contributed by atoms with E-state index in [1.54, 1.807) is 24.3 Å². The van der Waals surface area contributed by atoms with Crippen LogP contribution in [0.15, 0.2) is 78.1 Å². The van der Waals surface area contributed by atoms with Crippen LogP contribution in [-0.2, 0) is 29.2 Å². The van der Waals surface area contributed by atoms with Crippen molar-refractivity contribution in [3.8, 4) is 11.5 Å². The molecule has 16 heteroatoms. The molecule has 6 rings (SSSR count). The van der Waals surface area contributed by atoms with E-state index >= 15 is 8.78 Å². The first-order valence-corrected chi connectivity index (χ1v) is 18.9. The molecule has 0 bridgehead atoms. The maximum atomic E-state index is 16.3. The van der Waals surface area contributed by atoms with E-state index in [9.17, 15) is 21.6 Å². The minimum Gasteiger partial charge on any atom is -0.497 e. The lowest BCUT2D eigenvalue weighted by molar-refractivity contribution is -0.137. The molecule has 2 aliphatic rings. The van der Waals surface area contributed by atoms with Crippen LogP contribution in [0, 0.1) is 11.6 Å². The second kappa shape index (κ2) is 15.7. The molecule has 2 aliphatic heterocycles. The number of halogens is 5. The predicted octanol–water partition coefficient (Wildman–Crippen LogP) is 6.40. The van der Waals surface area contributed by atoms with Gasteiger partial charge in [-0.05, 0) is 75.7 Å². The fourth-order valence-corrected chi connectivity index (χ4v) is 9.02. The van der Waals surface area contributed by atoms with Crippen molar-refractivity contribution in [3.63, 3.8) is 0 Å². The van der Waals surface area contributed by atoms with Crippen LogP contribution in [0.4, 0.5) is 33.5 Å². The zero-order valence-electron chi connectivity index (χ0n) is 30.5. The van der Waals surface area contributed by atoms with Gasteiger partial charge in [0, 0.05) is 67.3 Å². The summed E-state index contributed by atoms with van der Waals surface area (Å²) in [7, 11) is 1.98. The number of nitrogens with zero attached hydrogens (tertiary/aromatic N) is 6. The smallest absolute Gasteiger partial charge is 0.416 e. The molecule has 10 nitrogen and oxygen atoms in total. The summed E-state index contributed by atoms with van der Waals surface area (Å²) in [4.78, 5) is 13.1. The van der Waals surface area contributed by atoms with E-state index in [0.717, 1.165) is 48.3 Å². The van der Waals surface area contributed by atoms with Crippen LogP contribution in [0.2, 0.25) is 0 Å². The Morgan fingerprint density at radius 2 is 1.74 bits per heavy atom. The maximum absolute atomic E-state index is 16.3. The summed E-state index contributed by atoms with van der Waals surface area (Å²) in [6, 6.07) is 13.6. The fraction of sp³-hybridized carbons (Fsp3) is 0.421. The molecule has 0 aliphatic carbocycles. The van der Waals surface area contributed by atoms with Crippen LogP contribution in [0.3, 0.4) is 0 Å². The Kier molecular flexibility index (Phi) is 11.4. The van der Waals surface area contributed by atoms with Crippen LogP contribution in [0.25, 0.3) is 0 Å². The molecule has 0 saturated carbocycles. The number of sulfonamides is 1. The average Bonchev–Trinajstić information content (AvgIpc) is 3.14. The lowest BCUT2D eigenvalue weighted by atomic mass is 9.80. The number of likely N-dealkylation sites (N-methyl/N-ethyl adjacent to an activating group) is 2. The van der Waals surface area contributed by atoms with Gasteiger partial charge in [0.2, 0.25) is 0 Å². The molecule has 1 atom stereocenters. The number of hydrogen-bond donors (Lipinski definition) is 0. The number of aryl methyl sites for hydroxylation is 1. The lowest BCUT2D eigenvalue weighted by Crippen LogP contribution is -2.67. The normalized spacial score (nSPS) is 18.4. The van der Waals surface area contributed by atoms with Crippen molar-refractivity contribution >= 4 is 21.5 Å². The van der Waals surface area contributed by atoms with E-state index in [0.29, 0.717) is 55.0 Å². The first kappa shape index (κ1) is 39.2. The molecule has 54 heavy (non-hydrogen) atoms. The third-order valence-electron chi connectivity index (χ3n) is 10.6. The second-order valence-electron chi connectivity index (χ2n) is 13.9. The van der Waals surface area contributed by atoms with Gasteiger partial charge in [-0.1, -0.05) is 18.2 Å². The quantitative estimate of drug-likeness (QED) is 0.143. The van der Waals surface area contributed by atoms with Crippen LogP contribution in [0.5, 0.6) is 11.5 Å². The number of likely N-dealkylation sites (tertiary alicyclic amines) is 1. The Labute approximate surface area is 312 Å². The van der Waals surface area contributed by atoms with E-state index < -0.39 is 43.8 Å². The maximum Gasteiger partial charge on any atom is 0.416 e. The van der Waals surface area contributed by atoms with Crippen molar-refractivity contribution in [2.75, 3.05) is 63.7 Å². The zero-order chi connectivity index (χ0) is 38.8. The van der Waals surface area contributed by atoms with Crippen molar-refractivity contribution < 1.29 is 39.8 Å². The molecule has 0 spiro atoms. The highest BCUT2D eigenvalue weighted by Crippen LogP contribution is 2.39. The highest BCUT2D eigenvalue weighted by atomic mass is 32.2. The van der Waals surface area contributed by atoms with Crippen molar-refractivity contribution in [1.29, 1.82) is 0 Å². The van der Waals surface area contributed by atoms with Gasteiger partial charge in [-0.2, -0.15) is 13.2 Å². The number of methoxy groups -OCH3 is 2. The molecule has 0 radical (unpaired) electrons. The van der Waals surface area contributed by atoms with Gasteiger partial charge >= 0.3 is 6.18 Å². The highest BCUT2D eigenvalue weighted by molar-refractivity contribution is 7.92. The van der Waals surface area contributed by atoms with Crippen LogP contribution >= 0.6 is 0 Å². The number of anilines is 2. The summed E-state index contributed by atoms with van der Waals surface area (Å²) in [6.45, 7) is 2.01. The topological polar surface area (TPSA) is 91.3 Å². The molecular weight excluding hydrogens is 732 g/mol. The second-order valence-corrected chi connectivity index (χ2v) is 15.7. The summed E-state index contributed by atoms with van der Waals surface area (Å²) in [5.41, 5.74) is -0.161. The Hall–Kier alpha value is -4.54. The summed E-state index contributed by atoms with van der Waals surface area (Å²) < 4.78 is 113. The third-order valence-corrected chi connectivity index (χ3v) is 12.4. The number of ether oxygens (including phenoxy) is 2. The summed E-state index contributed by atoms with van der Waals surface area (Å²) >= 11 is 0.